The third kappa shape index (κ3) is 5.16. The van der Waals surface area contributed by atoms with Crippen molar-refractivity contribution in [3.05, 3.63) is 68.3 Å². The predicted octanol–water partition coefficient (Wildman–Crippen LogP) is 4.76. The van der Waals surface area contributed by atoms with Crippen LogP contribution in [0.3, 0.4) is 0 Å². The van der Waals surface area contributed by atoms with Gasteiger partial charge in [0.25, 0.3) is 0 Å². The number of nitrogens with two attached hydrogens (primary N) is 1. The molecular formula is C15H14BrCl2NO. The summed E-state index contributed by atoms with van der Waals surface area (Å²) in [6.07, 6.45) is 3.53. The molecule has 0 amide bonds. The minimum Gasteiger partial charge on any atom is -0.401 e. The van der Waals surface area contributed by atoms with Crippen LogP contribution in [0.5, 0.6) is 0 Å². The first-order chi connectivity index (χ1) is 9.31. The van der Waals surface area contributed by atoms with Gasteiger partial charge in [-0.3, -0.25) is 4.79 Å². The topological polar surface area (TPSA) is 43.1 Å². The molecule has 0 heterocycles. The van der Waals surface area contributed by atoms with E-state index in [0.29, 0.717) is 27.7 Å². The van der Waals surface area contributed by atoms with Crippen molar-refractivity contribution in [1.82, 2.24) is 0 Å². The number of allylic oxidation sites excluding steroid dienone is 5. The van der Waals surface area contributed by atoms with Crippen LogP contribution in [0.2, 0.25) is 5.02 Å². The molecule has 0 radical (unpaired) electrons. The fraction of sp³-hybridized carbons (Fsp3) is 0.133. The van der Waals surface area contributed by atoms with E-state index in [1.165, 1.54) is 13.0 Å². The summed E-state index contributed by atoms with van der Waals surface area (Å²) in [4.78, 5) is 11.6. The molecule has 1 rings (SSSR count). The molecule has 0 fully saturated rings. The van der Waals surface area contributed by atoms with E-state index in [9.17, 15) is 4.79 Å². The molecule has 0 saturated heterocycles. The SMILES string of the molecule is C=C(Cl)/C=C\C(C(C)=O)=C(N)Cc1cc(Cl)ccc1Br. The molecule has 20 heavy (non-hydrogen) atoms. The van der Waals surface area contributed by atoms with Crippen LogP contribution in [0.4, 0.5) is 0 Å². The number of halogens is 3. The molecule has 0 aliphatic rings. The van der Waals surface area contributed by atoms with E-state index in [0.717, 1.165) is 10.0 Å². The van der Waals surface area contributed by atoms with Crippen molar-refractivity contribution >= 4 is 44.9 Å². The standard InChI is InChI=1S/C15H14BrCl2NO/c1-9(17)3-5-13(10(2)20)15(19)8-11-7-12(18)4-6-14(11)16/h3-7H,1,8,19H2,2H3/b5-3-,15-13?. The first-order valence-electron chi connectivity index (χ1n) is 5.77. The van der Waals surface area contributed by atoms with Gasteiger partial charge in [-0.2, -0.15) is 0 Å². The summed E-state index contributed by atoms with van der Waals surface area (Å²) in [5.41, 5.74) is 7.80. The minimum absolute atomic E-state index is 0.130. The zero-order valence-electron chi connectivity index (χ0n) is 10.9. The Morgan fingerprint density at radius 1 is 1.45 bits per heavy atom. The Kier molecular flexibility index (Phi) is 6.53. The number of ketones is 1. The van der Waals surface area contributed by atoms with Crippen LogP contribution in [-0.4, -0.2) is 5.78 Å². The molecule has 0 saturated carbocycles. The number of rotatable bonds is 5. The highest BCUT2D eigenvalue weighted by Gasteiger charge is 2.09. The minimum atomic E-state index is -0.130. The second kappa shape index (κ2) is 7.67. The van der Waals surface area contributed by atoms with Gasteiger partial charge in [0, 0.05) is 32.2 Å². The Labute approximate surface area is 137 Å². The van der Waals surface area contributed by atoms with Crippen molar-refractivity contribution in [1.29, 1.82) is 0 Å². The van der Waals surface area contributed by atoms with E-state index >= 15 is 0 Å². The molecule has 0 aliphatic heterocycles. The largest absolute Gasteiger partial charge is 0.401 e. The van der Waals surface area contributed by atoms with E-state index in [1.807, 2.05) is 6.07 Å². The Hall–Kier alpha value is -1.03. The Morgan fingerprint density at radius 2 is 2.10 bits per heavy atom. The lowest BCUT2D eigenvalue weighted by Gasteiger charge is -2.08. The maximum Gasteiger partial charge on any atom is 0.161 e. The van der Waals surface area contributed by atoms with E-state index < -0.39 is 0 Å². The predicted molar refractivity (Wildman–Crippen MR) is 88.9 cm³/mol. The fourth-order valence-corrected chi connectivity index (χ4v) is 2.25. The van der Waals surface area contributed by atoms with Crippen molar-refractivity contribution in [2.24, 2.45) is 5.73 Å². The first-order valence-corrected chi connectivity index (χ1v) is 7.32. The van der Waals surface area contributed by atoms with Gasteiger partial charge in [0.2, 0.25) is 0 Å². The zero-order valence-corrected chi connectivity index (χ0v) is 14.0. The van der Waals surface area contributed by atoms with Gasteiger partial charge in [-0.15, -0.1) is 0 Å². The van der Waals surface area contributed by atoms with E-state index in [2.05, 4.69) is 22.5 Å². The summed E-state index contributed by atoms with van der Waals surface area (Å²) in [5, 5.41) is 0.950. The lowest BCUT2D eigenvalue weighted by Crippen LogP contribution is -2.10. The van der Waals surface area contributed by atoms with E-state index in [4.69, 9.17) is 28.9 Å². The molecule has 2 N–H and O–H groups in total. The summed E-state index contributed by atoms with van der Waals surface area (Å²) in [7, 11) is 0. The van der Waals surface area contributed by atoms with Crippen molar-refractivity contribution in [3.63, 3.8) is 0 Å². The van der Waals surface area contributed by atoms with Crippen LogP contribution in [-0.2, 0) is 11.2 Å². The van der Waals surface area contributed by atoms with E-state index in [-0.39, 0.29) is 5.78 Å². The summed E-state index contributed by atoms with van der Waals surface area (Å²) in [5.74, 6) is -0.130. The summed E-state index contributed by atoms with van der Waals surface area (Å²) >= 11 is 15.0. The fourth-order valence-electron chi connectivity index (χ4n) is 1.60. The Morgan fingerprint density at radius 3 is 2.65 bits per heavy atom. The highest BCUT2D eigenvalue weighted by atomic mass is 79.9. The summed E-state index contributed by atoms with van der Waals surface area (Å²) in [6.45, 7) is 4.99. The second-order valence-corrected chi connectivity index (χ2v) is 5.96. The van der Waals surface area contributed by atoms with Crippen molar-refractivity contribution < 1.29 is 4.79 Å². The number of carbonyl (C=O) groups excluding carboxylic acids is 1. The smallest absolute Gasteiger partial charge is 0.161 e. The average Bonchev–Trinajstić information content (AvgIpc) is 2.33. The highest BCUT2D eigenvalue weighted by molar-refractivity contribution is 9.10. The quantitative estimate of drug-likeness (QED) is 0.596. The normalized spacial score (nSPS) is 12.4. The van der Waals surface area contributed by atoms with Crippen LogP contribution < -0.4 is 5.73 Å². The van der Waals surface area contributed by atoms with Crippen LogP contribution in [0, 0.1) is 0 Å². The molecule has 0 atom stereocenters. The van der Waals surface area contributed by atoms with Gasteiger partial charge in [-0.1, -0.05) is 45.7 Å². The van der Waals surface area contributed by atoms with Crippen LogP contribution in [0.25, 0.3) is 0 Å². The Bertz CT molecular complexity index is 606. The molecule has 5 heteroatoms. The van der Waals surface area contributed by atoms with Crippen molar-refractivity contribution in [2.75, 3.05) is 0 Å². The number of hydrogen-bond donors (Lipinski definition) is 1. The van der Waals surface area contributed by atoms with Crippen LogP contribution >= 0.6 is 39.1 Å². The summed E-state index contributed by atoms with van der Waals surface area (Å²) in [6, 6.07) is 5.42. The molecule has 106 valence electrons. The van der Waals surface area contributed by atoms with Gasteiger partial charge < -0.3 is 5.73 Å². The van der Waals surface area contributed by atoms with Gasteiger partial charge in [0.1, 0.15) is 0 Å². The lowest BCUT2D eigenvalue weighted by atomic mass is 10.0. The third-order valence-electron chi connectivity index (χ3n) is 2.54. The maximum absolute atomic E-state index is 11.6. The molecule has 2 nitrogen and oxygen atoms in total. The molecule has 0 aromatic heterocycles. The first kappa shape index (κ1) is 17.0. The number of carbonyl (C=O) groups is 1. The zero-order chi connectivity index (χ0) is 15.3. The van der Waals surface area contributed by atoms with Gasteiger partial charge in [-0.25, -0.2) is 0 Å². The van der Waals surface area contributed by atoms with Crippen molar-refractivity contribution in [3.8, 4) is 0 Å². The molecule has 0 aliphatic carbocycles. The van der Waals surface area contributed by atoms with Crippen LogP contribution in [0.1, 0.15) is 12.5 Å². The third-order valence-corrected chi connectivity index (χ3v) is 3.68. The van der Waals surface area contributed by atoms with Gasteiger partial charge in [0.15, 0.2) is 5.78 Å². The molecule has 1 aromatic rings. The highest BCUT2D eigenvalue weighted by Crippen LogP contribution is 2.23. The lowest BCUT2D eigenvalue weighted by molar-refractivity contribution is -0.113. The molecule has 0 spiro atoms. The monoisotopic (exact) mass is 373 g/mol. The number of benzene rings is 1. The molecule has 0 unspecified atom stereocenters. The van der Waals surface area contributed by atoms with Gasteiger partial charge in [0.05, 0.1) is 0 Å². The summed E-state index contributed by atoms with van der Waals surface area (Å²) < 4.78 is 0.887. The van der Waals surface area contributed by atoms with Gasteiger partial charge >= 0.3 is 0 Å². The Balaban J connectivity index is 3.13. The number of hydrogen-bond acceptors (Lipinski definition) is 2. The molecule has 1 aromatic carbocycles. The molecular weight excluding hydrogens is 361 g/mol. The van der Waals surface area contributed by atoms with Gasteiger partial charge in [-0.05, 0) is 42.8 Å². The number of Topliss-reactive ketones (excluding diaryl/α,β-unsaturated/α-hetero) is 1. The average molecular weight is 375 g/mol. The van der Waals surface area contributed by atoms with E-state index in [1.54, 1.807) is 18.2 Å². The maximum atomic E-state index is 11.6. The molecule has 0 bridgehead atoms. The van der Waals surface area contributed by atoms with Crippen molar-refractivity contribution in [2.45, 2.75) is 13.3 Å². The second-order valence-electron chi connectivity index (χ2n) is 4.19. The van der Waals surface area contributed by atoms with Crippen LogP contribution in [0.15, 0.2) is 57.7 Å².